The first kappa shape index (κ1) is 11.8. The van der Waals surface area contributed by atoms with Gasteiger partial charge < -0.3 is 10.0 Å². The highest BCUT2D eigenvalue weighted by Gasteiger charge is 2.49. The van der Waals surface area contributed by atoms with E-state index in [-0.39, 0.29) is 23.7 Å². The molecule has 0 aromatic rings. The Kier molecular flexibility index (Phi) is 2.88. The SMILES string of the molecule is O=C(O)C1C2C=CC(CC2)C1C(=O)N1CCCC1. The fourth-order valence-corrected chi connectivity index (χ4v) is 3.82. The number of nitrogens with zero attached hydrogens (tertiary/aromatic N) is 1. The van der Waals surface area contributed by atoms with Crippen molar-refractivity contribution in [3.8, 4) is 0 Å². The average Bonchev–Trinajstić information content (AvgIpc) is 2.92. The standard InChI is InChI=1S/C14H19NO3/c16-13(15-7-1-2-8-15)11-9-3-5-10(6-4-9)12(11)14(17)18/h3,5,9-12H,1-2,4,6-8H2,(H,17,18). The number of aliphatic carboxylic acids is 1. The van der Waals surface area contributed by atoms with Gasteiger partial charge >= 0.3 is 5.97 Å². The van der Waals surface area contributed by atoms with Gasteiger partial charge in [-0.2, -0.15) is 0 Å². The van der Waals surface area contributed by atoms with Gasteiger partial charge in [0.15, 0.2) is 0 Å². The second kappa shape index (κ2) is 4.41. The van der Waals surface area contributed by atoms with Crippen LogP contribution >= 0.6 is 0 Å². The first-order valence-electron chi connectivity index (χ1n) is 6.88. The summed E-state index contributed by atoms with van der Waals surface area (Å²) in [6, 6.07) is 0. The van der Waals surface area contributed by atoms with Crippen molar-refractivity contribution >= 4 is 11.9 Å². The minimum absolute atomic E-state index is 0.0593. The van der Waals surface area contributed by atoms with Crippen LogP contribution in [0.4, 0.5) is 0 Å². The van der Waals surface area contributed by atoms with E-state index >= 15 is 0 Å². The van der Waals surface area contributed by atoms with Gasteiger partial charge in [-0.05, 0) is 37.5 Å². The van der Waals surface area contributed by atoms with E-state index in [2.05, 4.69) is 6.08 Å². The molecule has 4 nitrogen and oxygen atoms in total. The summed E-state index contributed by atoms with van der Waals surface area (Å²) in [6.07, 6.45) is 8.09. The first-order valence-corrected chi connectivity index (χ1v) is 6.88. The summed E-state index contributed by atoms with van der Waals surface area (Å²) in [5.74, 6) is -1.33. The van der Waals surface area contributed by atoms with E-state index in [1.165, 1.54) is 0 Å². The normalized spacial score (nSPS) is 38.1. The Labute approximate surface area is 107 Å². The second-order valence-electron chi connectivity index (χ2n) is 5.71. The molecule has 1 N–H and O–H groups in total. The lowest BCUT2D eigenvalue weighted by Gasteiger charge is -2.43. The molecule has 3 aliphatic carbocycles. The fraction of sp³-hybridized carbons (Fsp3) is 0.714. The van der Waals surface area contributed by atoms with Crippen molar-refractivity contribution in [2.24, 2.45) is 23.7 Å². The molecule has 18 heavy (non-hydrogen) atoms. The Morgan fingerprint density at radius 2 is 1.56 bits per heavy atom. The third-order valence-corrected chi connectivity index (χ3v) is 4.74. The van der Waals surface area contributed by atoms with Crippen LogP contribution in [0.1, 0.15) is 25.7 Å². The average molecular weight is 249 g/mol. The minimum atomic E-state index is -0.799. The van der Waals surface area contributed by atoms with Crippen LogP contribution < -0.4 is 0 Å². The highest BCUT2D eigenvalue weighted by atomic mass is 16.4. The summed E-state index contributed by atoms with van der Waals surface area (Å²) in [5.41, 5.74) is 0. The summed E-state index contributed by atoms with van der Waals surface area (Å²) in [4.78, 5) is 25.9. The summed E-state index contributed by atoms with van der Waals surface area (Å²) in [7, 11) is 0. The molecule has 1 aliphatic heterocycles. The molecule has 0 aromatic carbocycles. The number of carboxylic acid groups (broad SMARTS) is 1. The summed E-state index contributed by atoms with van der Waals surface area (Å²) < 4.78 is 0. The van der Waals surface area contributed by atoms with Crippen molar-refractivity contribution < 1.29 is 14.7 Å². The summed E-state index contributed by atoms with van der Waals surface area (Å²) in [5, 5.41) is 9.42. The highest BCUT2D eigenvalue weighted by molar-refractivity contribution is 5.86. The number of carboxylic acids is 1. The van der Waals surface area contributed by atoms with E-state index in [0.29, 0.717) is 0 Å². The Balaban J connectivity index is 1.86. The molecule has 1 heterocycles. The van der Waals surface area contributed by atoms with Gasteiger partial charge in [0.05, 0.1) is 11.8 Å². The lowest BCUT2D eigenvalue weighted by molar-refractivity contribution is -0.156. The monoisotopic (exact) mass is 249 g/mol. The molecule has 2 fully saturated rings. The van der Waals surface area contributed by atoms with Crippen molar-refractivity contribution in [1.82, 2.24) is 4.90 Å². The quantitative estimate of drug-likeness (QED) is 0.755. The maximum absolute atomic E-state index is 12.5. The van der Waals surface area contributed by atoms with Gasteiger partial charge in [0.25, 0.3) is 0 Å². The zero-order valence-corrected chi connectivity index (χ0v) is 10.4. The van der Waals surface area contributed by atoms with Gasteiger partial charge in [-0.25, -0.2) is 0 Å². The predicted octanol–water partition coefficient (Wildman–Crippen LogP) is 1.52. The molecule has 1 saturated carbocycles. The van der Waals surface area contributed by atoms with Gasteiger partial charge in [-0.15, -0.1) is 0 Å². The molecule has 0 aromatic heterocycles. The van der Waals surface area contributed by atoms with Gasteiger partial charge in [0.1, 0.15) is 0 Å². The third-order valence-electron chi connectivity index (χ3n) is 4.74. The number of rotatable bonds is 2. The topological polar surface area (TPSA) is 57.6 Å². The molecule has 4 heteroatoms. The number of hydrogen-bond donors (Lipinski definition) is 1. The number of carbonyl (C=O) groups excluding carboxylic acids is 1. The van der Waals surface area contributed by atoms with Gasteiger partial charge in [-0.3, -0.25) is 9.59 Å². The second-order valence-corrected chi connectivity index (χ2v) is 5.71. The van der Waals surface area contributed by atoms with E-state index in [9.17, 15) is 14.7 Å². The molecule has 98 valence electrons. The maximum atomic E-state index is 12.5. The molecule has 1 amide bonds. The van der Waals surface area contributed by atoms with E-state index < -0.39 is 11.9 Å². The largest absolute Gasteiger partial charge is 0.481 e. The fourth-order valence-electron chi connectivity index (χ4n) is 3.82. The van der Waals surface area contributed by atoms with Crippen LogP contribution in [0.2, 0.25) is 0 Å². The van der Waals surface area contributed by atoms with Crippen molar-refractivity contribution in [3.63, 3.8) is 0 Å². The van der Waals surface area contributed by atoms with Crippen LogP contribution in [0.15, 0.2) is 12.2 Å². The molecule has 4 atom stereocenters. The molecular formula is C14H19NO3. The molecule has 4 rings (SSSR count). The molecule has 0 spiro atoms. The van der Waals surface area contributed by atoms with Crippen LogP contribution in [0.5, 0.6) is 0 Å². The van der Waals surface area contributed by atoms with E-state index in [0.717, 1.165) is 38.8 Å². The maximum Gasteiger partial charge on any atom is 0.307 e. The lowest BCUT2D eigenvalue weighted by Crippen LogP contribution is -2.49. The number of allylic oxidation sites excluding steroid dienone is 2. The number of carbonyl (C=O) groups is 2. The van der Waals surface area contributed by atoms with Crippen LogP contribution in [-0.4, -0.2) is 35.0 Å². The van der Waals surface area contributed by atoms with Crippen molar-refractivity contribution in [2.75, 3.05) is 13.1 Å². The van der Waals surface area contributed by atoms with E-state index in [4.69, 9.17) is 0 Å². The van der Waals surface area contributed by atoms with Crippen LogP contribution in [-0.2, 0) is 9.59 Å². The molecule has 1 saturated heterocycles. The highest BCUT2D eigenvalue weighted by Crippen LogP contribution is 2.45. The molecule has 4 unspecified atom stereocenters. The van der Waals surface area contributed by atoms with Crippen molar-refractivity contribution in [1.29, 1.82) is 0 Å². The van der Waals surface area contributed by atoms with Gasteiger partial charge in [0.2, 0.25) is 5.91 Å². The van der Waals surface area contributed by atoms with Gasteiger partial charge in [-0.1, -0.05) is 12.2 Å². The number of hydrogen-bond acceptors (Lipinski definition) is 2. The van der Waals surface area contributed by atoms with E-state index in [1.54, 1.807) is 0 Å². The predicted molar refractivity (Wildman–Crippen MR) is 65.8 cm³/mol. The molecule has 0 radical (unpaired) electrons. The molecule has 4 aliphatic rings. The summed E-state index contributed by atoms with van der Waals surface area (Å²) in [6.45, 7) is 1.62. The zero-order valence-electron chi connectivity index (χ0n) is 10.4. The molecule has 2 bridgehead atoms. The Morgan fingerprint density at radius 3 is 2.06 bits per heavy atom. The lowest BCUT2D eigenvalue weighted by atomic mass is 9.62. The Morgan fingerprint density at radius 1 is 1.00 bits per heavy atom. The number of likely N-dealkylation sites (tertiary alicyclic amines) is 1. The minimum Gasteiger partial charge on any atom is -0.481 e. The first-order chi connectivity index (χ1) is 8.68. The van der Waals surface area contributed by atoms with Gasteiger partial charge in [0, 0.05) is 13.1 Å². The number of amides is 1. The Bertz CT molecular complexity index is 398. The zero-order chi connectivity index (χ0) is 12.7. The van der Waals surface area contributed by atoms with Crippen LogP contribution in [0.25, 0.3) is 0 Å². The number of fused-ring (bicyclic) bond motifs is 2. The third kappa shape index (κ3) is 1.74. The summed E-state index contributed by atoms with van der Waals surface area (Å²) >= 11 is 0. The smallest absolute Gasteiger partial charge is 0.307 e. The Hall–Kier alpha value is -1.32. The van der Waals surface area contributed by atoms with Crippen LogP contribution in [0.3, 0.4) is 0 Å². The van der Waals surface area contributed by atoms with Crippen molar-refractivity contribution in [2.45, 2.75) is 25.7 Å². The van der Waals surface area contributed by atoms with Crippen LogP contribution in [0, 0.1) is 23.7 Å². The molecular weight excluding hydrogens is 230 g/mol. The van der Waals surface area contributed by atoms with Crippen molar-refractivity contribution in [3.05, 3.63) is 12.2 Å². The van der Waals surface area contributed by atoms with E-state index in [1.807, 2.05) is 11.0 Å².